The lowest BCUT2D eigenvalue weighted by Crippen LogP contribution is -2.04. The van der Waals surface area contributed by atoms with Crippen LogP contribution in [0.1, 0.15) is 25.5 Å². The van der Waals surface area contributed by atoms with Crippen LogP contribution in [-0.2, 0) is 0 Å². The molecule has 5 nitrogen and oxygen atoms in total. The van der Waals surface area contributed by atoms with E-state index in [-0.39, 0.29) is 16.4 Å². The third-order valence-electron chi connectivity index (χ3n) is 2.76. The first-order valence-electron chi connectivity index (χ1n) is 6.01. The quantitative estimate of drug-likeness (QED) is 0.362. The third kappa shape index (κ3) is 2.79. The second-order valence-corrected chi connectivity index (χ2v) is 5.38. The maximum absolute atomic E-state index is 13.6. The lowest BCUT2D eigenvalue weighted by molar-refractivity contribution is 0.492. The molecule has 0 N–H and O–H groups in total. The molecule has 1 atom stereocenters. The normalized spacial score (nSPS) is 12.2. The molecule has 7 heteroatoms. The van der Waals surface area contributed by atoms with Crippen molar-refractivity contribution in [1.82, 2.24) is 0 Å². The van der Waals surface area contributed by atoms with Gasteiger partial charge in [0, 0.05) is 16.5 Å². The predicted molar refractivity (Wildman–Crippen MR) is 76.4 cm³/mol. The first-order valence-corrected chi connectivity index (χ1v) is 6.99. The minimum atomic E-state index is -0.622. The van der Waals surface area contributed by atoms with Crippen LogP contribution < -0.4 is 5.43 Å². The van der Waals surface area contributed by atoms with Crippen molar-refractivity contribution in [1.29, 1.82) is 0 Å². The van der Waals surface area contributed by atoms with Crippen molar-refractivity contribution in [2.45, 2.75) is 25.0 Å². The van der Waals surface area contributed by atoms with E-state index in [0.717, 1.165) is 11.8 Å². The lowest BCUT2D eigenvalue weighted by atomic mass is 10.1. The third-order valence-corrected chi connectivity index (χ3v) is 3.54. The highest BCUT2D eigenvalue weighted by Gasteiger charge is 2.15. The molecule has 0 aliphatic rings. The maximum atomic E-state index is 13.6. The topological polar surface area (TPSA) is 79.0 Å². The lowest BCUT2D eigenvalue weighted by Gasteiger charge is -2.10. The fraction of sp³-hybridized carbons (Fsp3) is 0.308. The van der Waals surface area contributed by atoms with Gasteiger partial charge < -0.3 is 4.42 Å². The summed E-state index contributed by atoms with van der Waals surface area (Å²) >= 11 is 1.38. The van der Waals surface area contributed by atoms with Crippen LogP contribution in [0, 0.1) is 5.82 Å². The van der Waals surface area contributed by atoms with E-state index in [1.807, 2.05) is 6.92 Å². The van der Waals surface area contributed by atoms with Crippen LogP contribution in [0.3, 0.4) is 0 Å². The van der Waals surface area contributed by atoms with Gasteiger partial charge in [0.05, 0.1) is 11.4 Å². The van der Waals surface area contributed by atoms with E-state index in [2.05, 4.69) is 10.0 Å². The summed E-state index contributed by atoms with van der Waals surface area (Å²) in [6.45, 7) is 3.55. The van der Waals surface area contributed by atoms with Crippen LogP contribution in [0.25, 0.3) is 21.4 Å². The second-order valence-electron chi connectivity index (χ2n) is 4.12. The van der Waals surface area contributed by atoms with Crippen LogP contribution in [0.5, 0.6) is 0 Å². The number of rotatable bonds is 4. The van der Waals surface area contributed by atoms with Gasteiger partial charge in [-0.25, -0.2) is 4.39 Å². The molecule has 1 heterocycles. The zero-order chi connectivity index (χ0) is 14.7. The van der Waals surface area contributed by atoms with Gasteiger partial charge in [-0.05, 0) is 23.4 Å². The molecule has 1 unspecified atom stereocenters. The fourth-order valence-corrected chi connectivity index (χ4v) is 2.51. The molecule has 0 saturated heterocycles. The number of thioether (sulfide) groups is 1. The molecule has 0 amide bonds. The molecule has 20 heavy (non-hydrogen) atoms. The Morgan fingerprint density at radius 2 is 2.25 bits per heavy atom. The van der Waals surface area contributed by atoms with Gasteiger partial charge in [0.2, 0.25) is 0 Å². The average molecular weight is 293 g/mol. The Hall–Kier alpha value is -1.98. The Labute approximate surface area is 118 Å². The number of hydrogen-bond donors (Lipinski definition) is 0. The Morgan fingerprint density at radius 3 is 2.90 bits per heavy atom. The molecular formula is C13H12FN3O2S. The molecule has 0 spiro atoms. The Balaban J connectivity index is 2.78. The largest absolute Gasteiger partial charge is 0.449 e. The molecule has 2 rings (SSSR count). The minimum Gasteiger partial charge on any atom is -0.449 e. The van der Waals surface area contributed by atoms with E-state index >= 15 is 0 Å². The monoisotopic (exact) mass is 293 g/mol. The molecule has 1 aromatic heterocycles. The maximum Gasteiger partial charge on any atom is 0.193 e. The first kappa shape index (κ1) is 14.4. The summed E-state index contributed by atoms with van der Waals surface area (Å²) in [7, 11) is 0. The first-order chi connectivity index (χ1) is 9.56. The Kier molecular flexibility index (Phi) is 4.32. The second kappa shape index (κ2) is 5.98. The van der Waals surface area contributed by atoms with Crippen molar-refractivity contribution in [3.05, 3.63) is 50.2 Å². The highest BCUT2D eigenvalue weighted by atomic mass is 32.2. The van der Waals surface area contributed by atoms with Crippen LogP contribution in [-0.4, -0.2) is 5.75 Å². The number of azide groups is 1. The SMILES string of the molecule is CCSc1cc(=O)c2cc(F)cc(C(C)N=[N+]=[N-])c2o1. The van der Waals surface area contributed by atoms with E-state index in [1.54, 1.807) is 6.92 Å². The molecule has 104 valence electrons. The molecule has 0 aliphatic carbocycles. The van der Waals surface area contributed by atoms with Crippen molar-refractivity contribution >= 4 is 22.7 Å². The van der Waals surface area contributed by atoms with Crippen LogP contribution in [0.2, 0.25) is 0 Å². The molecule has 0 aliphatic heterocycles. The van der Waals surface area contributed by atoms with Crippen LogP contribution in [0.4, 0.5) is 4.39 Å². The van der Waals surface area contributed by atoms with Crippen LogP contribution >= 0.6 is 11.8 Å². The Bertz CT molecular complexity index is 753. The number of fused-ring (bicyclic) bond motifs is 1. The summed E-state index contributed by atoms with van der Waals surface area (Å²) in [5.74, 6) is 0.187. The molecule has 0 saturated carbocycles. The summed E-state index contributed by atoms with van der Waals surface area (Å²) in [5.41, 5.74) is 8.83. The summed E-state index contributed by atoms with van der Waals surface area (Å²) in [6.07, 6.45) is 0. The number of halogens is 1. The summed E-state index contributed by atoms with van der Waals surface area (Å²) in [4.78, 5) is 14.7. The molecule has 0 fully saturated rings. The van der Waals surface area contributed by atoms with Crippen molar-refractivity contribution in [3.8, 4) is 0 Å². The zero-order valence-corrected chi connectivity index (χ0v) is 11.8. The molecule has 0 bridgehead atoms. The highest BCUT2D eigenvalue weighted by Crippen LogP contribution is 2.29. The number of nitrogens with zero attached hydrogens (tertiary/aromatic N) is 3. The van der Waals surface area contributed by atoms with Gasteiger partial charge in [-0.15, -0.1) is 0 Å². The highest BCUT2D eigenvalue weighted by molar-refractivity contribution is 7.99. The molecular weight excluding hydrogens is 281 g/mol. The van der Waals surface area contributed by atoms with E-state index in [0.29, 0.717) is 10.7 Å². The van der Waals surface area contributed by atoms with Gasteiger partial charge in [0.15, 0.2) is 10.5 Å². The van der Waals surface area contributed by atoms with E-state index in [9.17, 15) is 9.18 Å². The van der Waals surface area contributed by atoms with Crippen molar-refractivity contribution in [2.24, 2.45) is 5.11 Å². The van der Waals surface area contributed by atoms with Gasteiger partial charge >= 0.3 is 0 Å². The standard InChI is InChI=1S/C13H12FN3O2S/c1-3-20-12-6-11(18)10-5-8(14)4-9(13(10)19-12)7(2)16-17-15/h4-7H,3H2,1-2H3. The van der Waals surface area contributed by atoms with Crippen molar-refractivity contribution in [2.75, 3.05) is 5.75 Å². The number of benzene rings is 1. The average Bonchev–Trinajstić information content (AvgIpc) is 2.39. The van der Waals surface area contributed by atoms with Gasteiger partial charge in [-0.3, -0.25) is 4.79 Å². The fourth-order valence-electron chi connectivity index (χ4n) is 1.89. The van der Waals surface area contributed by atoms with E-state index in [1.165, 1.54) is 23.9 Å². The summed E-state index contributed by atoms with van der Waals surface area (Å²) in [6, 6.07) is 3.08. The van der Waals surface area contributed by atoms with Crippen LogP contribution in [0.15, 0.2) is 37.6 Å². The molecule has 0 radical (unpaired) electrons. The van der Waals surface area contributed by atoms with Gasteiger partial charge in [-0.1, -0.05) is 30.7 Å². The predicted octanol–water partition coefficient (Wildman–Crippen LogP) is 4.42. The minimum absolute atomic E-state index is 0.153. The van der Waals surface area contributed by atoms with Gasteiger partial charge in [0.1, 0.15) is 11.4 Å². The molecule has 1 aromatic carbocycles. The van der Waals surface area contributed by atoms with E-state index in [4.69, 9.17) is 9.95 Å². The van der Waals surface area contributed by atoms with E-state index < -0.39 is 11.9 Å². The van der Waals surface area contributed by atoms with Crippen molar-refractivity contribution < 1.29 is 8.81 Å². The summed E-state index contributed by atoms with van der Waals surface area (Å²) < 4.78 is 19.3. The van der Waals surface area contributed by atoms with Crippen molar-refractivity contribution in [3.63, 3.8) is 0 Å². The van der Waals surface area contributed by atoms with Gasteiger partial charge in [0.25, 0.3) is 0 Å². The Morgan fingerprint density at radius 1 is 1.50 bits per heavy atom. The molecule has 2 aromatic rings. The summed E-state index contributed by atoms with van der Waals surface area (Å²) in [5, 5.41) is 4.15. The zero-order valence-electron chi connectivity index (χ0n) is 11.0. The van der Waals surface area contributed by atoms with Gasteiger partial charge in [-0.2, -0.15) is 0 Å². The smallest absolute Gasteiger partial charge is 0.193 e. The number of hydrogen-bond acceptors (Lipinski definition) is 4.